The molecule has 0 fully saturated rings. The van der Waals surface area contributed by atoms with E-state index in [9.17, 15) is 27.6 Å². The van der Waals surface area contributed by atoms with Gasteiger partial charge in [-0.3, -0.25) is 23.6 Å². The van der Waals surface area contributed by atoms with Crippen LogP contribution < -0.4 is 4.31 Å². The van der Waals surface area contributed by atoms with Crippen LogP contribution in [0.2, 0.25) is 0 Å². The third kappa shape index (κ3) is 4.13. The molecule has 0 aliphatic carbocycles. The van der Waals surface area contributed by atoms with Crippen molar-refractivity contribution in [1.29, 1.82) is 0 Å². The molecule has 2 aromatic carbocycles. The summed E-state index contributed by atoms with van der Waals surface area (Å²) in [5, 5.41) is 0. The molecule has 1 atom stereocenters. The second kappa shape index (κ2) is 8.43. The SMILES string of the molecule is CC(C(=O)OCC(=O)c1ccc2c(c1)CCCN2S(C)(=O)=O)N1C(=O)c2ccccc2C1=O. The number of carbonyl (C=O) groups excluding carboxylic acids is 4. The monoisotopic (exact) mass is 470 g/mol. The predicted octanol–water partition coefficient (Wildman–Crippen LogP) is 1.81. The van der Waals surface area contributed by atoms with Gasteiger partial charge in [0.1, 0.15) is 6.04 Å². The van der Waals surface area contributed by atoms with Gasteiger partial charge >= 0.3 is 5.97 Å². The number of benzene rings is 2. The van der Waals surface area contributed by atoms with Crippen LogP contribution in [0.25, 0.3) is 0 Å². The molecule has 2 aliphatic rings. The first-order valence-electron chi connectivity index (χ1n) is 10.4. The molecule has 0 saturated heterocycles. The van der Waals surface area contributed by atoms with Crippen molar-refractivity contribution in [3.8, 4) is 0 Å². The van der Waals surface area contributed by atoms with E-state index in [1.54, 1.807) is 24.3 Å². The van der Waals surface area contributed by atoms with E-state index in [2.05, 4.69) is 0 Å². The second-order valence-corrected chi connectivity index (χ2v) is 9.92. The summed E-state index contributed by atoms with van der Waals surface area (Å²) in [7, 11) is -3.42. The Kier molecular flexibility index (Phi) is 5.79. The van der Waals surface area contributed by atoms with Crippen molar-refractivity contribution >= 4 is 39.3 Å². The third-order valence-corrected chi connectivity index (χ3v) is 6.96. The largest absolute Gasteiger partial charge is 0.456 e. The van der Waals surface area contributed by atoms with E-state index >= 15 is 0 Å². The number of esters is 1. The van der Waals surface area contributed by atoms with E-state index in [-0.39, 0.29) is 16.7 Å². The molecule has 0 saturated carbocycles. The maximum Gasteiger partial charge on any atom is 0.329 e. The smallest absolute Gasteiger partial charge is 0.329 e. The first-order valence-corrected chi connectivity index (χ1v) is 12.2. The molecule has 2 aliphatic heterocycles. The molecule has 4 rings (SSSR count). The number of aryl methyl sites for hydroxylation is 1. The van der Waals surface area contributed by atoms with Crippen LogP contribution >= 0.6 is 0 Å². The molecule has 1 unspecified atom stereocenters. The van der Waals surface area contributed by atoms with Crippen molar-refractivity contribution < 1.29 is 32.3 Å². The molecule has 9 nitrogen and oxygen atoms in total. The van der Waals surface area contributed by atoms with Gasteiger partial charge in [0.2, 0.25) is 10.0 Å². The second-order valence-electron chi connectivity index (χ2n) is 8.01. The van der Waals surface area contributed by atoms with E-state index in [0.717, 1.165) is 16.7 Å². The Labute approximate surface area is 191 Å². The number of hydrogen-bond donors (Lipinski definition) is 0. The number of ether oxygens (including phenoxy) is 1. The van der Waals surface area contributed by atoms with Gasteiger partial charge in [-0.25, -0.2) is 13.2 Å². The summed E-state index contributed by atoms with van der Waals surface area (Å²) in [6.07, 6.45) is 2.39. The van der Waals surface area contributed by atoms with Crippen LogP contribution in [-0.4, -0.2) is 62.3 Å². The fourth-order valence-corrected chi connectivity index (χ4v) is 5.08. The summed E-state index contributed by atoms with van der Waals surface area (Å²) in [6.45, 7) is 1.18. The normalized spacial score (nSPS) is 16.3. The van der Waals surface area contributed by atoms with E-state index in [1.807, 2.05) is 0 Å². The van der Waals surface area contributed by atoms with Crippen molar-refractivity contribution in [3.05, 3.63) is 64.7 Å². The van der Waals surface area contributed by atoms with Crippen LogP contribution in [0.5, 0.6) is 0 Å². The number of carbonyl (C=O) groups is 4. The highest BCUT2D eigenvalue weighted by Crippen LogP contribution is 2.30. The van der Waals surface area contributed by atoms with Crippen LogP contribution in [0.4, 0.5) is 5.69 Å². The molecule has 0 N–H and O–H groups in total. The number of nitrogens with zero attached hydrogens (tertiary/aromatic N) is 2. The zero-order valence-corrected chi connectivity index (χ0v) is 18.9. The molecule has 2 aromatic rings. The van der Waals surface area contributed by atoms with Gasteiger partial charge in [0.15, 0.2) is 12.4 Å². The number of amides is 2. The molecule has 2 amide bonds. The summed E-state index contributed by atoms with van der Waals surface area (Å²) in [5.74, 6) is -2.52. The van der Waals surface area contributed by atoms with E-state index < -0.39 is 46.2 Å². The Morgan fingerprint density at radius 3 is 2.30 bits per heavy atom. The minimum absolute atomic E-state index is 0.218. The molecule has 0 radical (unpaired) electrons. The van der Waals surface area contributed by atoms with Gasteiger partial charge in [-0.05, 0) is 55.7 Å². The van der Waals surface area contributed by atoms with Crippen LogP contribution in [0.15, 0.2) is 42.5 Å². The number of imide groups is 1. The van der Waals surface area contributed by atoms with Crippen LogP contribution in [0.3, 0.4) is 0 Å². The Bertz CT molecular complexity index is 1250. The summed E-state index contributed by atoms with van der Waals surface area (Å²) in [6, 6.07) is 9.76. The first kappa shape index (κ1) is 22.7. The Morgan fingerprint density at radius 2 is 1.70 bits per heavy atom. The maximum atomic E-state index is 12.6. The van der Waals surface area contributed by atoms with Crippen molar-refractivity contribution in [2.45, 2.75) is 25.8 Å². The Hall–Kier alpha value is -3.53. The van der Waals surface area contributed by atoms with Gasteiger partial charge in [-0.2, -0.15) is 0 Å². The molecule has 0 bridgehead atoms. The summed E-state index contributed by atoms with van der Waals surface area (Å²) in [5.41, 5.74) is 1.98. The third-order valence-electron chi connectivity index (χ3n) is 5.78. The van der Waals surface area contributed by atoms with Gasteiger partial charge in [0.25, 0.3) is 11.8 Å². The fourth-order valence-electron chi connectivity index (χ4n) is 4.09. The minimum atomic E-state index is -3.42. The lowest BCUT2D eigenvalue weighted by Gasteiger charge is -2.29. The molecule has 33 heavy (non-hydrogen) atoms. The van der Waals surface area contributed by atoms with Crippen LogP contribution in [0, 0.1) is 0 Å². The number of hydrogen-bond acceptors (Lipinski definition) is 7. The Morgan fingerprint density at radius 1 is 1.06 bits per heavy atom. The molecule has 2 heterocycles. The highest BCUT2D eigenvalue weighted by molar-refractivity contribution is 7.92. The maximum absolute atomic E-state index is 12.6. The molecule has 10 heteroatoms. The van der Waals surface area contributed by atoms with E-state index in [4.69, 9.17) is 4.74 Å². The highest BCUT2D eigenvalue weighted by atomic mass is 32.2. The van der Waals surface area contributed by atoms with Gasteiger partial charge in [-0.15, -0.1) is 0 Å². The van der Waals surface area contributed by atoms with Crippen molar-refractivity contribution in [3.63, 3.8) is 0 Å². The quantitative estimate of drug-likeness (QED) is 0.359. The topological polar surface area (TPSA) is 118 Å². The molecular weight excluding hydrogens is 448 g/mol. The van der Waals surface area contributed by atoms with Crippen LogP contribution in [0.1, 0.15) is 50.0 Å². The minimum Gasteiger partial charge on any atom is -0.456 e. The van der Waals surface area contributed by atoms with Crippen molar-refractivity contribution in [2.75, 3.05) is 23.7 Å². The van der Waals surface area contributed by atoms with Gasteiger partial charge < -0.3 is 4.74 Å². The Balaban J connectivity index is 1.43. The van der Waals surface area contributed by atoms with E-state index in [0.29, 0.717) is 25.1 Å². The number of rotatable bonds is 6. The molecule has 0 aromatic heterocycles. The van der Waals surface area contributed by atoms with Crippen LogP contribution in [-0.2, 0) is 26.0 Å². The molecule has 0 spiro atoms. The lowest BCUT2D eigenvalue weighted by Crippen LogP contribution is -2.44. The van der Waals surface area contributed by atoms with Gasteiger partial charge in [-0.1, -0.05) is 12.1 Å². The highest BCUT2D eigenvalue weighted by Gasteiger charge is 2.41. The average molecular weight is 471 g/mol. The lowest BCUT2D eigenvalue weighted by atomic mass is 9.99. The number of anilines is 1. The standard InChI is InChI=1S/C23H22N2O7S/c1-14(25-21(27)17-7-3-4-8-18(17)22(25)28)23(29)32-13-20(26)16-9-10-19-15(12-16)6-5-11-24(19)33(2,30)31/h3-4,7-10,12,14H,5-6,11,13H2,1-2H3. The predicted molar refractivity (Wildman–Crippen MR) is 119 cm³/mol. The van der Waals surface area contributed by atoms with Crippen molar-refractivity contribution in [2.24, 2.45) is 0 Å². The van der Waals surface area contributed by atoms with E-state index in [1.165, 1.54) is 29.4 Å². The number of sulfonamides is 1. The number of Topliss-reactive ketones (excluding diaryl/α,β-unsaturated/α-hetero) is 1. The summed E-state index contributed by atoms with van der Waals surface area (Å²) in [4.78, 5) is 51.0. The summed E-state index contributed by atoms with van der Waals surface area (Å²) < 4.78 is 30.4. The van der Waals surface area contributed by atoms with Crippen molar-refractivity contribution in [1.82, 2.24) is 4.90 Å². The fraction of sp³-hybridized carbons (Fsp3) is 0.304. The molecular formula is C23H22N2O7S. The van der Waals surface area contributed by atoms with Gasteiger partial charge in [0, 0.05) is 12.1 Å². The van der Waals surface area contributed by atoms with Gasteiger partial charge in [0.05, 0.1) is 23.1 Å². The lowest BCUT2D eigenvalue weighted by molar-refractivity contribution is -0.146. The molecule has 172 valence electrons. The average Bonchev–Trinajstić information content (AvgIpc) is 3.05. The number of ketones is 1. The first-order chi connectivity index (χ1) is 15.6. The zero-order chi connectivity index (χ0) is 23.9. The zero-order valence-electron chi connectivity index (χ0n) is 18.1. The number of fused-ring (bicyclic) bond motifs is 2. The summed E-state index contributed by atoms with van der Waals surface area (Å²) >= 11 is 0.